The molecule has 0 atom stereocenters. The fourth-order valence-electron chi connectivity index (χ4n) is 2.80. The standard InChI is InChI=1S/C20H17N3O5/c1-2-26-20(25)15-11-21-23-8-7-14(10-16(15)23)22-19(24)6-4-13-3-5-17-18(9-13)28-12-27-17/h3-11H,2,12H2,1H3,(H,22,24)/b6-4+. The van der Waals surface area contributed by atoms with Gasteiger partial charge in [0.1, 0.15) is 5.56 Å². The van der Waals surface area contributed by atoms with Crippen molar-refractivity contribution >= 4 is 29.2 Å². The first kappa shape index (κ1) is 17.6. The first-order valence-electron chi connectivity index (χ1n) is 8.67. The number of aromatic nitrogens is 2. The van der Waals surface area contributed by atoms with Gasteiger partial charge in [-0.2, -0.15) is 5.10 Å². The second kappa shape index (κ2) is 7.43. The number of ether oxygens (including phenoxy) is 3. The van der Waals surface area contributed by atoms with Gasteiger partial charge in [0.05, 0.1) is 18.3 Å². The summed E-state index contributed by atoms with van der Waals surface area (Å²) in [6, 6.07) is 8.80. The molecule has 0 saturated heterocycles. The Hall–Kier alpha value is -3.81. The van der Waals surface area contributed by atoms with Gasteiger partial charge in [0.2, 0.25) is 12.7 Å². The predicted molar refractivity (Wildman–Crippen MR) is 101 cm³/mol. The molecule has 0 radical (unpaired) electrons. The lowest BCUT2D eigenvalue weighted by Gasteiger charge is -2.04. The smallest absolute Gasteiger partial charge is 0.341 e. The second-order valence-corrected chi connectivity index (χ2v) is 5.96. The number of fused-ring (bicyclic) bond motifs is 2. The molecule has 3 aromatic rings. The number of benzene rings is 1. The van der Waals surface area contributed by atoms with E-state index in [1.54, 1.807) is 48.0 Å². The minimum absolute atomic E-state index is 0.202. The van der Waals surface area contributed by atoms with Crippen molar-refractivity contribution in [3.63, 3.8) is 0 Å². The van der Waals surface area contributed by atoms with Crippen LogP contribution < -0.4 is 14.8 Å². The third kappa shape index (κ3) is 3.52. The molecule has 142 valence electrons. The quantitative estimate of drug-likeness (QED) is 0.541. The average molecular weight is 379 g/mol. The Morgan fingerprint density at radius 3 is 2.96 bits per heavy atom. The molecule has 1 aliphatic rings. The zero-order chi connectivity index (χ0) is 19.5. The minimum atomic E-state index is -0.455. The van der Waals surface area contributed by atoms with Crippen molar-refractivity contribution in [1.29, 1.82) is 0 Å². The van der Waals surface area contributed by atoms with E-state index < -0.39 is 5.97 Å². The van der Waals surface area contributed by atoms with Crippen molar-refractivity contribution in [1.82, 2.24) is 9.61 Å². The highest BCUT2D eigenvalue weighted by atomic mass is 16.7. The van der Waals surface area contributed by atoms with Crippen LogP contribution in [0, 0.1) is 0 Å². The normalized spacial score (nSPS) is 12.5. The topological polar surface area (TPSA) is 91.2 Å². The Balaban J connectivity index is 1.48. The number of nitrogens with zero attached hydrogens (tertiary/aromatic N) is 2. The number of hydrogen-bond donors (Lipinski definition) is 1. The van der Waals surface area contributed by atoms with Crippen molar-refractivity contribution in [3.8, 4) is 11.5 Å². The van der Waals surface area contributed by atoms with Crippen LogP contribution in [0.3, 0.4) is 0 Å². The molecule has 1 N–H and O–H groups in total. The third-order valence-corrected chi connectivity index (χ3v) is 4.11. The highest BCUT2D eigenvalue weighted by Gasteiger charge is 2.15. The zero-order valence-electron chi connectivity index (χ0n) is 15.0. The SMILES string of the molecule is CCOC(=O)c1cnn2ccc(NC(=O)/C=C/c3ccc4c(c3)OCO4)cc12. The summed E-state index contributed by atoms with van der Waals surface area (Å²) in [5.41, 5.74) is 2.25. The van der Waals surface area contributed by atoms with E-state index >= 15 is 0 Å². The molecule has 1 amide bonds. The first-order chi connectivity index (χ1) is 13.6. The third-order valence-electron chi connectivity index (χ3n) is 4.11. The lowest BCUT2D eigenvalue weighted by atomic mass is 10.2. The zero-order valence-corrected chi connectivity index (χ0v) is 15.0. The van der Waals surface area contributed by atoms with Crippen LogP contribution in [-0.4, -0.2) is 34.9 Å². The number of hydrogen-bond acceptors (Lipinski definition) is 6. The fourth-order valence-corrected chi connectivity index (χ4v) is 2.80. The molecule has 28 heavy (non-hydrogen) atoms. The van der Waals surface area contributed by atoms with E-state index in [1.165, 1.54) is 12.3 Å². The van der Waals surface area contributed by atoms with Crippen LogP contribution in [0.1, 0.15) is 22.8 Å². The van der Waals surface area contributed by atoms with Crippen molar-refractivity contribution in [3.05, 3.63) is 59.9 Å². The van der Waals surface area contributed by atoms with Crippen molar-refractivity contribution in [2.45, 2.75) is 6.92 Å². The van der Waals surface area contributed by atoms with Crippen LogP contribution in [-0.2, 0) is 9.53 Å². The van der Waals surface area contributed by atoms with Crippen molar-refractivity contribution in [2.75, 3.05) is 18.7 Å². The Morgan fingerprint density at radius 1 is 1.25 bits per heavy atom. The summed E-state index contributed by atoms with van der Waals surface area (Å²) in [6.45, 7) is 2.22. The highest BCUT2D eigenvalue weighted by molar-refractivity contribution is 6.03. The summed E-state index contributed by atoms with van der Waals surface area (Å²) in [4.78, 5) is 24.2. The molecule has 0 unspecified atom stereocenters. The van der Waals surface area contributed by atoms with Gasteiger partial charge in [-0.25, -0.2) is 9.31 Å². The van der Waals surface area contributed by atoms with Gasteiger partial charge in [-0.15, -0.1) is 0 Å². The number of anilines is 1. The Kier molecular flexibility index (Phi) is 4.67. The molecular weight excluding hydrogens is 362 g/mol. The van der Waals surface area contributed by atoms with E-state index in [0.717, 1.165) is 5.56 Å². The number of carbonyl (C=O) groups excluding carboxylic acids is 2. The van der Waals surface area contributed by atoms with Crippen LogP contribution in [0.5, 0.6) is 11.5 Å². The van der Waals surface area contributed by atoms with Crippen LogP contribution in [0.15, 0.2) is 48.8 Å². The fraction of sp³-hybridized carbons (Fsp3) is 0.150. The largest absolute Gasteiger partial charge is 0.462 e. The lowest BCUT2D eigenvalue weighted by Crippen LogP contribution is -2.08. The summed E-state index contributed by atoms with van der Waals surface area (Å²) in [6.07, 6.45) is 6.21. The van der Waals surface area contributed by atoms with Gasteiger partial charge in [0.25, 0.3) is 0 Å². The van der Waals surface area contributed by atoms with Crippen molar-refractivity contribution < 1.29 is 23.8 Å². The molecule has 0 spiro atoms. The molecule has 0 aliphatic carbocycles. The molecule has 0 saturated carbocycles. The van der Waals surface area contributed by atoms with E-state index in [2.05, 4.69) is 10.4 Å². The maximum Gasteiger partial charge on any atom is 0.341 e. The Bertz CT molecular complexity index is 1090. The molecular formula is C20H17N3O5. The van der Waals surface area contributed by atoms with Crippen molar-refractivity contribution in [2.24, 2.45) is 0 Å². The molecule has 1 aliphatic heterocycles. The minimum Gasteiger partial charge on any atom is -0.462 e. The maximum atomic E-state index is 12.2. The van der Waals surface area contributed by atoms with Gasteiger partial charge in [-0.3, -0.25) is 4.79 Å². The lowest BCUT2D eigenvalue weighted by molar-refractivity contribution is -0.111. The number of nitrogens with one attached hydrogen (secondary N) is 1. The van der Waals surface area contributed by atoms with Crippen LogP contribution in [0.2, 0.25) is 0 Å². The Morgan fingerprint density at radius 2 is 2.11 bits per heavy atom. The summed E-state index contributed by atoms with van der Waals surface area (Å²) in [5.74, 6) is 0.580. The molecule has 4 rings (SSSR count). The predicted octanol–water partition coefficient (Wildman–Crippen LogP) is 2.89. The number of carbonyl (C=O) groups is 2. The number of pyridine rings is 1. The summed E-state index contributed by atoms with van der Waals surface area (Å²) < 4.78 is 17.2. The van der Waals surface area contributed by atoms with Gasteiger partial charge in [-0.1, -0.05) is 6.07 Å². The van der Waals surface area contributed by atoms with Gasteiger partial charge in [0, 0.05) is 18.0 Å². The second-order valence-electron chi connectivity index (χ2n) is 5.96. The maximum absolute atomic E-state index is 12.2. The van der Waals surface area contributed by atoms with E-state index in [-0.39, 0.29) is 19.3 Å². The van der Waals surface area contributed by atoms with E-state index in [4.69, 9.17) is 14.2 Å². The first-order valence-corrected chi connectivity index (χ1v) is 8.67. The molecule has 2 aromatic heterocycles. The number of esters is 1. The monoisotopic (exact) mass is 379 g/mol. The van der Waals surface area contributed by atoms with Gasteiger partial charge in [-0.05, 0) is 42.8 Å². The molecule has 8 nitrogen and oxygen atoms in total. The Labute approximate surface area is 160 Å². The molecule has 0 fully saturated rings. The molecule has 3 heterocycles. The summed E-state index contributed by atoms with van der Waals surface area (Å²) in [7, 11) is 0. The van der Waals surface area contributed by atoms with Gasteiger partial charge >= 0.3 is 5.97 Å². The van der Waals surface area contributed by atoms with E-state index in [9.17, 15) is 9.59 Å². The van der Waals surface area contributed by atoms with E-state index in [0.29, 0.717) is 28.3 Å². The average Bonchev–Trinajstić information content (AvgIpc) is 3.32. The summed E-state index contributed by atoms with van der Waals surface area (Å²) >= 11 is 0. The van der Waals surface area contributed by atoms with Crippen LogP contribution >= 0.6 is 0 Å². The van der Waals surface area contributed by atoms with Crippen LogP contribution in [0.4, 0.5) is 5.69 Å². The van der Waals surface area contributed by atoms with Gasteiger partial charge in [0.15, 0.2) is 11.5 Å². The molecule has 8 heteroatoms. The van der Waals surface area contributed by atoms with Crippen LogP contribution in [0.25, 0.3) is 11.6 Å². The molecule has 0 bridgehead atoms. The van der Waals surface area contributed by atoms with E-state index in [1.807, 2.05) is 6.07 Å². The number of amides is 1. The molecule has 1 aromatic carbocycles. The number of rotatable bonds is 5. The van der Waals surface area contributed by atoms with Gasteiger partial charge < -0.3 is 19.5 Å². The highest BCUT2D eigenvalue weighted by Crippen LogP contribution is 2.32. The summed E-state index contributed by atoms with van der Waals surface area (Å²) in [5, 5.41) is 6.88.